The second-order valence-corrected chi connectivity index (χ2v) is 5.31. The van der Waals surface area contributed by atoms with E-state index in [-0.39, 0.29) is 12.0 Å². The molecule has 0 saturated heterocycles. The first kappa shape index (κ1) is 16.6. The van der Waals surface area contributed by atoms with Gasteiger partial charge in [0.2, 0.25) is 0 Å². The number of methoxy groups -OCH3 is 1. The summed E-state index contributed by atoms with van der Waals surface area (Å²) in [5, 5.41) is 14.7. The number of rotatable bonds is 5. The molecule has 0 atom stereocenters. The van der Waals surface area contributed by atoms with E-state index < -0.39 is 22.8 Å². The zero-order chi connectivity index (χ0) is 18.0. The van der Waals surface area contributed by atoms with Crippen molar-refractivity contribution in [1.29, 1.82) is 0 Å². The van der Waals surface area contributed by atoms with Gasteiger partial charge in [0.05, 0.1) is 31.8 Å². The molecule has 0 amide bonds. The Labute approximate surface area is 142 Å². The molecule has 8 nitrogen and oxygen atoms in total. The summed E-state index contributed by atoms with van der Waals surface area (Å²) in [5.74, 6) is -0.566. The number of carbonyl (C=O) groups excluding carboxylic acids is 1. The molecule has 0 saturated carbocycles. The summed E-state index contributed by atoms with van der Waals surface area (Å²) in [6.45, 7) is 2.10. The van der Waals surface area contributed by atoms with Crippen molar-refractivity contribution in [3.8, 4) is 11.5 Å². The van der Waals surface area contributed by atoms with Crippen LogP contribution in [-0.2, 0) is 11.3 Å². The van der Waals surface area contributed by atoms with Gasteiger partial charge in [0.15, 0.2) is 5.56 Å². The normalized spacial score (nSPS) is 10.8. The van der Waals surface area contributed by atoms with Crippen molar-refractivity contribution in [3.05, 3.63) is 51.9 Å². The highest BCUT2D eigenvalue weighted by atomic mass is 16.5. The van der Waals surface area contributed by atoms with Crippen LogP contribution in [0.15, 0.2) is 35.3 Å². The summed E-state index contributed by atoms with van der Waals surface area (Å²) in [6, 6.07) is 7.38. The Morgan fingerprint density at radius 1 is 1.32 bits per heavy atom. The molecule has 3 aromatic rings. The van der Waals surface area contributed by atoms with Crippen LogP contribution in [0.5, 0.6) is 11.5 Å². The topological polar surface area (TPSA) is 106 Å². The highest BCUT2D eigenvalue weighted by Crippen LogP contribution is 2.25. The zero-order valence-electron chi connectivity index (χ0n) is 13.8. The fourth-order valence-electron chi connectivity index (χ4n) is 2.52. The minimum atomic E-state index is -0.869. The number of hydrogen-bond acceptors (Lipinski definition) is 6. The first-order valence-electron chi connectivity index (χ1n) is 7.66. The molecule has 0 fully saturated rings. The van der Waals surface area contributed by atoms with E-state index in [9.17, 15) is 14.7 Å². The Bertz CT molecular complexity index is 972. The SMILES string of the molecule is CCOC(=O)c1c(O)c2cnn(Cc3ccc(OC)cc3)c2[nH]c1=O. The molecule has 0 spiro atoms. The lowest BCUT2D eigenvalue weighted by atomic mass is 10.2. The van der Waals surface area contributed by atoms with Crippen LogP contribution in [0.3, 0.4) is 0 Å². The largest absolute Gasteiger partial charge is 0.506 e. The fraction of sp³-hybridized carbons (Fsp3) is 0.235. The van der Waals surface area contributed by atoms with Gasteiger partial charge in [0, 0.05) is 0 Å². The highest BCUT2D eigenvalue weighted by Gasteiger charge is 2.22. The number of nitrogens with zero attached hydrogens (tertiary/aromatic N) is 2. The van der Waals surface area contributed by atoms with E-state index in [0.717, 1.165) is 11.3 Å². The van der Waals surface area contributed by atoms with Crippen LogP contribution in [0.4, 0.5) is 0 Å². The van der Waals surface area contributed by atoms with Crippen LogP contribution in [0.2, 0.25) is 0 Å². The second-order valence-electron chi connectivity index (χ2n) is 5.31. The van der Waals surface area contributed by atoms with Gasteiger partial charge in [-0.3, -0.25) is 4.79 Å². The van der Waals surface area contributed by atoms with Gasteiger partial charge in [-0.15, -0.1) is 0 Å². The van der Waals surface area contributed by atoms with Crippen LogP contribution < -0.4 is 10.3 Å². The van der Waals surface area contributed by atoms with Crippen molar-refractivity contribution in [2.75, 3.05) is 13.7 Å². The molecule has 0 bridgehead atoms. The van der Waals surface area contributed by atoms with Crippen molar-refractivity contribution < 1.29 is 19.4 Å². The summed E-state index contributed by atoms with van der Waals surface area (Å²) in [4.78, 5) is 26.6. The predicted molar refractivity (Wildman–Crippen MR) is 90.1 cm³/mol. The third-order valence-corrected chi connectivity index (χ3v) is 3.76. The summed E-state index contributed by atoms with van der Waals surface area (Å²) < 4.78 is 11.5. The number of nitrogens with one attached hydrogen (secondary N) is 1. The summed E-state index contributed by atoms with van der Waals surface area (Å²) in [7, 11) is 1.59. The maximum absolute atomic E-state index is 12.2. The van der Waals surface area contributed by atoms with Gasteiger partial charge in [0.1, 0.15) is 17.1 Å². The van der Waals surface area contributed by atoms with Crippen molar-refractivity contribution in [1.82, 2.24) is 14.8 Å². The van der Waals surface area contributed by atoms with Crippen molar-refractivity contribution >= 4 is 17.0 Å². The van der Waals surface area contributed by atoms with Crippen LogP contribution in [0, 0.1) is 0 Å². The van der Waals surface area contributed by atoms with E-state index in [4.69, 9.17) is 9.47 Å². The molecule has 0 aliphatic carbocycles. The maximum atomic E-state index is 12.2. The van der Waals surface area contributed by atoms with Gasteiger partial charge >= 0.3 is 5.97 Å². The van der Waals surface area contributed by atoms with Gasteiger partial charge < -0.3 is 19.6 Å². The molecule has 1 aromatic carbocycles. The molecular formula is C17H17N3O5. The molecule has 3 rings (SSSR count). The number of H-pyrrole nitrogens is 1. The zero-order valence-corrected chi connectivity index (χ0v) is 13.8. The third-order valence-electron chi connectivity index (χ3n) is 3.76. The van der Waals surface area contributed by atoms with Gasteiger partial charge in [-0.05, 0) is 24.6 Å². The number of esters is 1. The van der Waals surface area contributed by atoms with Crippen LogP contribution in [-0.4, -0.2) is 39.6 Å². The lowest BCUT2D eigenvalue weighted by molar-refractivity contribution is 0.0521. The molecule has 0 unspecified atom stereocenters. The number of fused-ring (bicyclic) bond motifs is 1. The highest BCUT2D eigenvalue weighted by molar-refractivity contribution is 5.98. The Morgan fingerprint density at radius 2 is 2.04 bits per heavy atom. The number of aromatic nitrogens is 3. The Hall–Kier alpha value is -3.29. The summed E-state index contributed by atoms with van der Waals surface area (Å²) >= 11 is 0. The summed E-state index contributed by atoms with van der Waals surface area (Å²) in [6.07, 6.45) is 1.40. The number of ether oxygens (including phenoxy) is 2. The molecule has 2 N–H and O–H groups in total. The molecule has 8 heteroatoms. The molecule has 2 aromatic heterocycles. The van der Waals surface area contributed by atoms with E-state index in [1.54, 1.807) is 14.0 Å². The molecule has 0 aliphatic rings. The van der Waals surface area contributed by atoms with E-state index in [1.165, 1.54) is 10.9 Å². The number of hydrogen-bond donors (Lipinski definition) is 2. The number of benzene rings is 1. The first-order chi connectivity index (χ1) is 12.0. The Kier molecular flexibility index (Phi) is 4.42. The average Bonchev–Trinajstić information content (AvgIpc) is 2.99. The molecule has 25 heavy (non-hydrogen) atoms. The molecule has 2 heterocycles. The molecule has 0 aliphatic heterocycles. The first-order valence-corrected chi connectivity index (χ1v) is 7.66. The minimum absolute atomic E-state index is 0.104. The smallest absolute Gasteiger partial charge is 0.347 e. The lowest BCUT2D eigenvalue weighted by Gasteiger charge is -2.07. The van der Waals surface area contributed by atoms with E-state index in [0.29, 0.717) is 12.2 Å². The van der Waals surface area contributed by atoms with E-state index in [2.05, 4.69) is 10.1 Å². The average molecular weight is 343 g/mol. The quantitative estimate of drug-likeness (QED) is 0.683. The number of aromatic hydroxyl groups is 1. The van der Waals surface area contributed by atoms with Crippen molar-refractivity contribution in [3.63, 3.8) is 0 Å². The molecule has 0 radical (unpaired) electrons. The lowest BCUT2D eigenvalue weighted by Crippen LogP contribution is -2.20. The molecular weight excluding hydrogens is 326 g/mol. The number of pyridine rings is 1. The van der Waals surface area contributed by atoms with Gasteiger partial charge in [0.25, 0.3) is 5.56 Å². The Morgan fingerprint density at radius 3 is 2.68 bits per heavy atom. The predicted octanol–water partition coefficient (Wildman–Crippen LogP) is 1.66. The standard InChI is InChI=1S/C17H17N3O5/c1-3-25-17(23)13-14(21)12-8-18-20(15(12)19-16(13)22)9-10-4-6-11(24-2)7-5-10/h4-8H,3,9H2,1-2H3,(H2,19,21,22). The van der Waals surface area contributed by atoms with E-state index >= 15 is 0 Å². The molecule has 130 valence electrons. The summed E-state index contributed by atoms with van der Waals surface area (Å²) in [5.41, 5.74) is 0.116. The Balaban J connectivity index is 2.01. The van der Waals surface area contributed by atoms with Crippen LogP contribution in [0.1, 0.15) is 22.8 Å². The third kappa shape index (κ3) is 3.06. The van der Waals surface area contributed by atoms with Crippen molar-refractivity contribution in [2.45, 2.75) is 13.5 Å². The fourth-order valence-corrected chi connectivity index (χ4v) is 2.52. The number of aromatic amines is 1. The van der Waals surface area contributed by atoms with Gasteiger partial charge in [-0.25, -0.2) is 9.48 Å². The monoisotopic (exact) mass is 343 g/mol. The second kappa shape index (κ2) is 6.68. The van der Waals surface area contributed by atoms with Crippen LogP contribution >= 0.6 is 0 Å². The van der Waals surface area contributed by atoms with Gasteiger partial charge in [-0.2, -0.15) is 5.10 Å². The maximum Gasteiger partial charge on any atom is 0.347 e. The minimum Gasteiger partial charge on any atom is -0.506 e. The van der Waals surface area contributed by atoms with Crippen molar-refractivity contribution in [2.24, 2.45) is 0 Å². The number of carbonyl (C=O) groups is 1. The van der Waals surface area contributed by atoms with Crippen LogP contribution in [0.25, 0.3) is 11.0 Å². The van der Waals surface area contributed by atoms with E-state index in [1.807, 2.05) is 24.3 Å². The van der Waals surface area contributed by atoms with Gasteiger partial charge in [-0.1, -0.05) is 12.1 Å².